The fourth-order valence-corrected chi connectivity index (χ4v) is 5.27. The van der Waals surface area contributed by atoms with Crippen molar-refractivity contribution in [1.82, 2.24) is 9.88 Å². The molecule has 1 N–H and O–H groups in total. The van der Waals surface area contributed by atoms with Crippen LogP contribution in [0.3, 0.4) is 0 Å². The Morgan fingerprint density at radius 2 is 1.90 bits per heavy atom. The van der Waals surface area contributed by atoms with Crippen LogP contribution < -0.4 is 0 Å². The second kappa shape index (κ2) is 8.12. The fourth-order valence-electron chi connectivity index (χ4n) is 5.27. The maximum atomic E-state index is 13.2. The average Bonchev–Trinajstić information content (AvgIpc) is 3.39. The Labute approximate surface area is 182 Å². The van der Waals surface area contributed by atoms with Crippen LogP contribution >= 0.6 is 0 Å². The molecule has 1 fully saturated rings. The summed E-state index contributed by atoms with van der Waals surface area (Å²) in [5.74, 6) is -0.640. The summed E-state index contributed by atoms with van der Waals surface area (Å²) in [7, 11) is 0. The lowest BCUT2D eigenvalue weighted by molar-refractivity contribution is 0.0339. The molecule has 0 spiro atoms. The van der Waals surface area contributed by atoms with Gasteiger partial charge in [-0.15, -0.1) is 0 Å². The van der Waals surface area contributed by atoms with Gasteiger partial charge in [0.2, 0.25) is 0 Å². The number of rotatable bonds is 4. The zero-order valence-electron chi connectivity index (χ0n) is 18.2. The van der Waals surface area contributed by atoms with Crippen molar-refractivity contribution in [2.75, 3.05) is 13.1 Å². The summed E-state index contributed by atoms with van der Waals surface area (Å²) >= 11 is 0. The van der Waals surface area contributed by atoms with Crippen molar-refractivity contribution >= 4 is 16.9 Å². The molecule has 5 heteroatoms. The SMILES string of the molecule is Cc1[nH]c2cc3c(cc2c1C(=O)OC(C)c1ccc(F)cc1)CC(N1CCCC1)CC3. The number of halogens is 1. The highest BCUT2D eigenvalue weighted by Crippen LogP contribution is 2.33. The van der Waals surface area contributed by atoms with Crippen LogP contribution in [-0.4, -0.2) is 35.0 Å². The Bertz CT molecular complexity index is 1110. The van der Waals surface area contributed by atoms with Crippen molar-refractivity contribution in [2.45, 2.75) is 58.1 Å². The maximum Gasteiger partial charge on any atom is 0.341 e. The van der Waals surface area contributed by atoms with Crippen LogP contribution in [0.25, 0.3) is 10.9 Å². The first kappa shape index (κ1) is 20.3. The van der Waals surface area contributed by atoms with Crippen molar-refractivity contribution in [2.24, 2.45) is 0 Å². The number of nitrogens with zero attached hydrogens (tertiary/aromatic N) is 1. The smallest absolute Gasteiger partial charge is 0.341 e. The van der Waals surface area contributed by atoms with Gasteiger partial charge in [0.15, 0.2) is 0 Å². The van der Waals surface area contributed by atoms with Crippen molar-refractivity contribution in [3.8, 4) is 0 Å². The molecule has 1 saturated heterocycles. The van der Waals surface area contributed by atoms with Gasteiger partial charge in [-0.25, -0.2) is 9.18 Å². The van der Waals surface area contributed by atoms with Crippen molar-refractivity contribution in [3.63, 3.8) is 0 Å². The number of hydrogen-bond acceptors (Lipinski definition) is 3. The van der Waals surface area contributed by atoms with Gasteiger partial charge in [0.05, 0.1) is 5.56 Å². The molecular formula is C26H29FN2O2. The Balaban J connectivity index is 1.42. The number of esters is 1. The Kier molecular flexibility index (Phi) is 5.30. The molecule has 2 heterocycles. The normalized spacial score (nSPS) is 20.0. The third-order valence-corrected chi connectivity index (χ3v) is 6.99. The highest BCUT2D eigenvalue weighted by atomic mass is 19.1. The third-order valence-electron chi connectivity index (χ3n) is 6.99. The first-order valence-corrected chi connectivity index (χ1v) is 11.3. The maximum absolute atomic E-state index is 13.2. The number of ether oxygens (including phenoxy) is 1. The van der Waals surface area contributed by atoms with E-state index in [0.717, 1.165) is 35.0 Å². The van der Waals surface area contributed by atoms with E-state index in [0.29, 0.717) is 11.6 Å². The molecule has 1 aliphatic heterocycles. The number of fused-ring (bicyclic) bond motifs is 2. The summed E-state index contributed by atoms with van der Waals surface area (Å²) in [6.07, 6.45) is 5.52. The van der Waals surface area contributed by atoms with E-state index in [1.165, 1.54) is 55.6 Å². The molecule has 1 aliphatic carbocycles. The van der Waals surface area contributed by atoms with Gasteiger partial charge in [-0.05, 0) is 100.0 Å². The lowest BCUT2D eigenvalue weighted by Gasteiger charge is -2.32. The first-order chi connectivity index (χ1) is 15.0. The number of aromatic nitrogens is 1. The number of H-pyrrole nitrogens is 1. The van der Waals surface area contributed by atoms with Crippen molar-refractivity contribution < 1.29 is 13.9 Å². The molecule has 2 atom stereocenters. The number of carbonyl (C=O) groups is 1. The molecule has 0 radical (unpaired) electrons. The van der Waals surface area contributed by atoms with Gasteiger partial charge in [0.1, 0.15) is 11.9 Å². The molecule has 31 heavy (non-hydrogen) atoms. The molecule has 2 aliphatic rings. The van der Waals surface area contributed by atoms with Crippen LogP contribution in [0.15, 0.2) is 36.4 Å². The minimum absolute atomic E-state index is 0.299. The van der Waals surface area contributed by atoms with Crippen LogP contribution in [0.1, 0.15) is 65.0 Å². The van der Waals surface area contributed by atoms with Crippen LogP contribution in [0.4, 0.5) is 4.39 Å². The molecule has 2 aromatic carbocycles. The minimum atomic E-state index is -0.449. The molecule has 1 aromatic heterocycles. The van der Waals surface area contributed by atoms with E-state index in [4.69, 9.17) is 4.74 Å². The Hall–Kier alpha value is -2.66. The van der Waals surface area contributed by atoms with Crippen LogP contribution in [0.2, 0.25) is 0 Å². The van der Waals surface area contributed by atoms with Gasteiger partial charge in [0.25, 0.3) is 0 Å². The van der Waals surface area contributed by atoms with E-state index in [2.05, 4.69) is 22.0 Å². The molecule has 5 rings (SSSR count). The monoisotopic (exact) mass is 420 g/mol. The summed E-state index contributed by atoms with van der Waals surface area (Å²) in [6.45, 7) is 6.16. The van der Waals surface area contributed by atoms with E-state index in [1.54, 1.807) is 12.1 Å². The summed E-state index contributed by atoms with van der Waals surface area (Å²) < 4.78 is 19.0. The lowest BCUT2D eigenvalue weighted by Crippen LogP contribution is -2.37. The van der Waals surface area contributed by atoms with E-state index < -0.39 is 6.10 Å². The Morgan fingerprint density at radius 1 is 1.16 bits per heavy atom. The van der Waals surface area contributed by atoms with Gasteiger partial charge in [0, 0.05) is 22.6 Å². The number of benzene rings is 2. The molecule has 2 unspecified atom stereocenters. The number of likely N-dealkylation sites (tertiary alicyclic amines) is 1. The number of aryl methyl sites for hydroxylation is 2. The fraction of sp³-hybridized carbons (Fsp3) is 0.423. The first-order valence-electron chi connectivity index (χ1n) is 11.3. The second-order valence-electron chi connectivity index (χ2n) is 9.03. The van der Waals surface area contributed by atoms with Gasteiger partial charge < -0.3 is 14.6 Å². The predicted molar refractivity (Wildman–Crippen MR) is 120 cm³/mol. The van der Waals surface area contributed by atoms with E-state index in [-0.39, 0.29) is 11.8 Å². The highest BCUT2D eigenvalue weighted by Gasteiger charge is 2.28. The molecule has 0 saturated carbocycles. The highest BCUT2D eigenvalue weighted by molar-refractivity contribution is 6.06. The average molecular weight is 421 g/mol. The number of hydrogen-bond donors (Lipinski definition) is 1. The predicted octanol–water partition coefficient (Wildman–Crippen LogP) is 5.49. The van der Waals surface area contributed by atoms with Gasteiger partial charge in [-0.1, -0.05) is 12.1 Å². The zero-order valence-corrected chi connectivity index (χ0v) is 18.2. The quantitative estimate of drug-likeness (QED) is 0.568. The van der Waals surface area contributed by atoms with Crippen molar-refractivity contribution in [3.05, 3.63) is 70.2 Å². The van der Waals surface area contributed by atoms with Gasteiger partial charge in [-0.3, -0.25) is 0 Å². The summed E-state index contributed by atoms with van der Waals surface area (Å²) in [5, 5.41) is 0.939. The number of carbonyl (C=O) groups excluding carboxylic acids is 1. The summed E-state index contributed by atoms with van der Waals surface area (Å²) in [4.78, 5) is 19.1. The largest absolute Gasteiger partial charge is 0.454 e. The van der Waals surface area contributed by atoms with Gasteiger partial charge in [-0.2, -0.15) is 0 Å². The number of aromatic amines is 1. The minimum Gasteiger partial charge on any atom is -0.454 e. The van der Waals surface area contributed by atoms with Gasteiger partial charge >= 0.3 is 5.97 Å². The number of nitrogens with one attached hydrogen (secondary N) is 1. The molecule has 4 nitrogen and oxygen atoms in total. The summed E-state index contributed by atoms with van der Waals surface area (Å²) in [6, 6.07) is 11.1. The summed E-state index contributed by atoms with van der Waals surface area (Å²) in [5.41, 5.74) is 5.95. The van der Waals surface area contributed by atoms with Crippen LogP contribution in [0, 0.1) is 12.7 Å². The zero-order chi connectivity index (χ0) is 21.5. The third kappa shape index (κ3) is 3.87. The van der Waals surface area contributed by atoms with Crippen molar-refractivity contribution in [1.29, 1.82) is 0 Å². The molecule has 3 aromatic rings. The molecule has 162 valence electrons. The van der Waals surface area contributed by atoms with Crippen LogP contribution in [-0.2, 0) is 17.6 Å². The second-order valence-corrected chi connectivity index (χ2v) is 9.03. The van der Waals surface area contributed by atoms with E-state index in [9.17, 15) is 9.18 Å². The molecule has 0 bridgehead atoms. The topological polar surface area (TPSA) is 45.3 Å². The Morgan fingerprint density at radius 3 is 2.65 bits per heavy atom. The van der Waals surface area contributed by atoms with E-state index >= 15 is 0 Å². The lowest BCUT2D eigenvalue weighted by atomic mass is 9.86. The molecular weight excluding hydrogens is 391 g/mol. The van der Waals surface area contributed by atoms with Crippen LogP contribution in [0.5, 0.6) is 0 Å². The standard InChI is InChI=1S/C26H29FN2O2/c1-16-25(26(30)31-17(2)18-5-8-21(27)9-6-18)23-14-20-13-22(29-11-3-4-12-29)10-7-19(20)15-24(23)28-16/h5-6,8-9,14-15,17,22,28H,3-4,7,10-13H2,1-2H3. The van der Waals surface area contributed by atoms with E-state index in [1.807, 2.05) is 13.8 Å². The molecule has 0 amide bonds.